The normalized spacial score (nSPS) is 12.6. The molecule has 7 rings (SSSR count). The maximum atomic E-state index is 6.53. The fourth-order valence-electron chi connectivity index (χ4n) is 7.59. The van der Waals surface area contributed by atoms with E-state index in [1.165, 1.54) is 35.8 Å². The predicted molar refractivity (Wildman–Crippen MR) is 220 cm³/mol. The Morgan fingerprint density at radius 3 is 2.28 bits per heavy atom. The van der Waals surface area contributed by atoms with Crippen LogP contribution >= 0.6 is 0 Å². The largest absolute Gasteiger partial charge is 2.00 e. The molecule has 1 unspecified atom stereocenters. The van der Waals surface area contributed by atoms with Gasteiger partial charge in [0.05, 0.1) is 5.69 Å². The molecule has 280 valence electrons. The van der Waals surface area contributed by atoms with E-state index in [2.05, 4.69) is 140 Å². The number of rotatable bonds is 10. The molecule has 0 amide bonds. The Kier molecular flexibility index (Phi) is 11.4. The first kappa shape index (κ1) is 39.2. The third-order valence-corrected chi connectivity index (χ3v) is 10.1. The van der Waals surface area contributed by atoms with Crippen LogP contribution in [0.1, 0.15) is 96.2 Å². The maximum absolute atomic E-state index is 6.53. The third-order valence-electron chi connectivity index (χ3n) is 10.1. The van der Waals surface area contributed by atoms with Gasteiger partial charge in [0.25, 0.3) is 0 Å². The van der Waals surface area contributed by atoms with Crippen molar-refractivity contribution in [1.29, 1.82) is 0 Å². The number of nitrogens with zero attached hydrogens (tertiary/aromatic N) is 4. The summed E-state index contributed by atoms with van der Waals surface area (Å²) in [5, 5.41) is 7.24. The first-order valence-corrected chi connectivity index (χ1v) is 19.0. The molecule has 3 heterocycles. The Labute approximate surface area is 336 Å². The molecule has 3 aromatic heterocycles. The molecule has 0 aliphatic rings. The second kappa shape index (κ2) is 15.7. The van der Waals surface area contributed by atoms with Gasteiger partial charge in [0.1, 0.15) is 5.82 Å². The molecule has 7 aromatic rings. The zero-order valence-corrected chi connectivity index (χ0v) is 35.4. The Hall–Kier alpha value is -4.47. The van der Waals surface area contributed by atoms with Crippen molar-refractivity contribution in [1.82, 2.24) is 19.3 Å². The van der Waals surface area contributed by atoms with Crippen molar-refractivity contribution >= 4 is 21.8 Å². The minimum atomic E-state index is 0. The van der Waals surface area contributed by atoms with Gasteiger partial charge in [-0.2, -0.15) is 17.2 Å². The standard InChI is InChI=1S/C48H52N4O.Pt/c1-32(15-14-25-47(4,5)6)37-20-23-43-42(28-37)41-22-21-40(30-44(41)51(43)45-27-35(24-26-49-45)31-48(7,8)9)53-39-19-13-18-38(29-39)52-34(3)46(33(2)50-52)36-16-11-10-12-17-36;/h10-13,16-24,26-28,32H,14-15,25,31H2,1-9H3;/q-2;+2. The smallest absolute Gasteiger partial charge is 0.509 e. The minimum absolute atomic E-state index is 0. The molecule has 54 heavy (non-hydrogen) atoms. The topological polar surface area (TPSA) is 44.9 Å². The van der Waals surface area contributed by atoms with E-state index in [0.717, 1.165) is 56.9 Å². The van der Waals surface area contributed by atoms with Crippen LogP contribution in [0, 0.1) is 36.8 Å². The average molecular weight is 896 g/mol. The van der Waals surface area contributed by atoms with Gasteiger partial charge in [-0.05, 0) is 95.8 Å². The summed E-state index contributed by atoms with van der Waals surface area (Å²) in [5.41, 5.74) is 10.3. The second-order valence-electron chi connectivity index (χ2n) is 17.1. The second-order valence-corrected chi connectivity index (χ2v) is 17.1. The Morgan fingerprint density at radius 1 is 0.778 bits per heavy atom. The molecule has 6 heteroatoms. The fraction of sp³-hybridized carbons (Fsp3) is 0.333. The molecule has 0 aliphatic heterocycles. The van der Waals surface area contributed by atoms with Gasteiger partial charge in [0.2, 0.25) is 0 Å². The summed E-state index contributed by atoms with van der Waals surface area (Å²) in [6, 6.07) is 39.0. The number of benzene rings is 4. The van der Waals surface area contributed by atoms with Gasteiger partial charge in [-0.3, -0.25) is 4.68 Å². The van der Waals surface area contributed by atoms with E-state index in [-0.39, 0.29) is 26.5 Å². The SMILES string of the molecule is Cc1nn(-c2[c-]c(Oc3[c-]c4c(cc3)c3cc(C(C)CCCC(C)(C)C)ccc3n4-c3cc(CC(C)(C)C)ccn3)ccc2)c(C)c1-c1ccccc1.[Pt+2]. The van der Waals surface area contributed by atoms with E-state index in [4.69, 9.17) is 14.8 Å². The van der Waals surface area contributed by atoms with E-state index in [9.17, 15) is 0 Å². The molecule has 0 aliphatic carbocycles. The molecule has 0 radical (unpaired) electrons. The van der Waals surface area contributed by atoms with Gasteiger partial charge in [0, 0.05) is 34.5 Å². The number of pyridine rings is 1. The fourth-order valence-corrected chi connectivity index (χ4v) is 7.59. The number of aromatic nitrogens is 4. The van der Waals surface area contributed by atoms with Crippen molar-refractivity contribution < 1.29 is 25.8 Å². The monoisotopic (exact) mass is 895 g/mol. The third kappa shape index (κ3) is 8.58. The Balaban J connectivity index is 0.00000497. The number of aryl methyl sites for hydroxylation is 1. The summed E-state index contributed by atoms with van der Waals surface area (Å²) in [4.78, 5) is 4.92. The van der Waals surface area contributed by atoms with E-state index < -0.39 is 0 Å². The molecular weight excluding hydrogens is 844 g/mol. The van der Waals surface area contributed by atoms with Crippen LogP contribution in [0.25, 0.3) is 44.4 Å². The number of fused-ring (bicyclic) bond motifs is 3. The summed E-state index contributed by atoms with van der Waals surface area (Å²) in [6.45, 7) is 20.3. The Bertz CT molecular complexity index is 2390. The first-order chi connectivity index (χ1) is 25.2. The predicted octanol–water partition coefficient (Wildman–Crippen LogP) is 12.9. The first-order valence-electron chi connectivity index (χ1n) is 19.0. The minimum Gasteiger partial charge on any atom is -0.509 e. The van der Waals surface area contributed by atoms with Crippen LogP contribution in [-0.4, -0.2) is 19.3 Å². The molecule has 0 N–H and O–H groups in total. The van der Waals surface area contributed by atoms with Gasteiger partial charge < -0.3 is 9.30 Å². The van der Waals surface area contributed by atoms with Crippen LogP contribution in [0.5, 0.6) is 11.5 Å². The summed E-state index contributed by atoms with van der Waals surface area (Å²) in [5.74, 6) is 2.58. The van der Waals surface area contributed by atoms with Crippen LogP contribution in [0.2, 0.25) is 0 Å². The van der Waals surface area contributed by atoms with Crippen molar-refractivity contribution in [3.63, 3.8) is 0 Å². The zero-order chi connectivity index (χ0) is 37.5. The number of hydrogen-bond donors (Lipinski definition) is 0. The van der Waals surface area contributed by atoms with E-state index in [1.807, 2.05) is 41.2 Å². The Morgan fingerprint density at radius 2 is 1.54 bits per heavy atom. The molecule has 0 fully saturated rings. The van der Waals surface area contributed by atoms with E-state index in [1.54, 1.807) is 0 Å². The molecule has 4 aromatic carbocycles. The number of hydrogen-bond acceptors (Lipinski definition) is 3. The van der Waals surface area contributed by atoms with Gasteiger partial charge in [-0.15, -0.1) is 35.7 Å². The summed E-state index contributed by atoms with van der Waals surface area (Å²) < 4.78 is 10.7. The van der Waals surface area contributed by atoms with Crippen LogP contribution in [0.4, 0.5) is 0 Å². The molecule has 0 saturated heterocycles. The molecular formula is C48H52N4OPt. The summed E-state index contributed by atoms with van der Waals surface area (Å²) in [7, 11) is 0. The molecule has 0 spiro atoms. The van der Waals surface area contributed by atoms with Gasteiger partial charge in [0.15, 0.2) is 0 Å². The van der Waals surface area contributed by atoms with E-state index in [0.29, 0.717) is 22.8 Å². The molecule has 5 nitrogen and oxygen atoms in total. The quantitative estimate of drug-likeness (QED) is 0.129. The summed E-state index contributed by atoms with van der Waals surface area (Å²) >= 11 is 0. The molecule has 0 saturated carbocycles. The zero-order valence-electron chi connectivity index (χ0n) is 33.2. The van der Waals surface area contributed by atoms with Crippen LogP contribution in [0.3, 0.4) is 0 Å². The maximum Gasteiger partial charge on any atom is 2.00 e. The van der Waals surface area contributed by atoms with Crippen LogP contribution in [0.15, 0.2) is 97.2 Å². The van der Waals surface area contributed by atoms with Crippen molar-refractivity contribution in [3.8, 4) is 34.1 Å². The summed E-state index contributed by atoms with van der Waals surface area (Å²) in [6.07, 6.45) is 6.51. The van der Waals surface area contributed by atoms with Crippen LogP contribution < -0.4 is 4.74 Å². The van der Waals surface area contributed by atoms with Crippen molar-refractivity contribution in [2.45, 2.75) is 93.9 Å². The van der Waals surface area contributed by atoms with Crippen molar-refractivity contribution in [3.05, 3.63) is 132 Å². The molecule has 1 atom stereocenters. The van der Waals surface area contributed by atoms with Crippen molar-refractivity contribution in [2.24, 2.45) is 10.8 Å². The van der Waals surface area contributed by atoms with Crippen molar-refractivity contribution in [2.75, 3.05) is 0 Å². The average Bonchev–Trinajstić information content (AvgIpc) is 3.59. The van der Waals surface area contributed by atoms with Gasteiger partial charge in [-0.1, -0.05) is 103 Å². The van der Waals surface area contributed by atoms with Crippen LogP contribution in [-0.2, 0) is 27.5 Å². The van der Waals surface area contributed by atoms with Gasteiger partial charge in [-0.25, -0.2) is 4.98 Å². The molecule has 0 bridgehead atoms. The number of ether oxygens (including phenoxy) is 1. The van der Waals surface area contributed by atoms with Gasteiger partial charge >= 0.3 is 21.1 Å². The van der Waals surface area contributed by atoms with E-state index >= 15 is 0 Å².